The zero-order chi connectivity index (χ0) is 15.9. The van der Waals surface area contributed by atoms with Crippen molar-refractivity contribution in [2.75, 3.05) is 13.7 Å². The van der Waals surface area contributed by atoms with Gasteiger partial charge in [-0.2, -0.15) is 5.10 Å². The summed E-state index contributed by atoms with van der Waals surface area (Å²) in [6.07, 6.45) is 5.44. The summed E-state index contributed by atoms with van der Waals surface area (Å²) in [5.41, 5.74) is -0.269. The average Bonchev–Trinajstić information content (AvgIpc) is 3.12. The van der Waals surface area contributed by atoms with Crippen LogP contribution in [0, 0.1) is 10.1 Å². The molecule has 0 saturated carbocycles. The second kappa shape index (κ2) is 7.20. The molecule has 1 amide bonds. The van der Waals surface area contributed by atoms with E-state index in [2.05, 4.69) is 15.5 Å². The molecule has 0 aliphatic heterocycles. The monoisotopic (exact) mass is 308 g/mol. The van der Waals surface area contributed by atoms with Gasteiger partial charge in [0.15, 0.2) is 0 Å². The molecule has 0 atom stereocenters. The number of aromatic nitrogens is 4. The Morgan fingerprint density at radius 1 is 1.50 bits per heavy atom. The lowest BCUT2D eigenvalue weighted by Crippen LogP contribution is -2.29. The fourth-order valence-corrected chi connectivity index (χ4v) is 1.85. The lowest BCUT2D eigenvalue weighted by Gasteiger charge is -2.05. The number of carbonyl (C=O) groups excluding carboxylic acids is 1. The van der Waals surface area contributed by atoms with Crippen LogP contribution in [0.2, 0.25) is 0 Å². The molecule has 0 radical (unpaired) electrons. The topological polar surface area (TPSA) is 117 Å². The van der Waals surface area contributed by atoms with Gasteiger partial charge >= 0.3 is 11.6 Å². The molecule has 118 valence electrons. The maximum atomic E-state index is 11.7. The van der Waals surface area contributed by atoms with E-state index in [1.165, 1.54) is 18.0 Å². The van der Waals surface area contributed by atoms with Gasteiger partial charge in [-0.3, -0.25) is 24.3 Å². The molecule has 2 heterocycles. The molecule has 10 heteroatoms. The van der Waals surface area contributed by atoms with Gasteiger partial charge in [0.2, 0.25) is 5.91 Å². The Morgan fingerprint density at radius 2 is 2.32 bits per heavy atom. The molecule has 0 saturated heterocycles. The molecule has 10 nitrogen and oxygen atoms in total. The number of amides is 1. The summed E-state index contributed by atoms with van der Waals surface area (Å²) in [7, 11) is 1.29. The maximum absolute atomic E-state index is 11.7. The SMILES string of the molecule is COc1nn(CC(=O)NCCCn2cccn2)cc1[N+](=O)[O-]. The second-order valence-corrected chi connectivity index (χ2v) is 4.45. The van der Waals surface area contributed by atoms with Crippen molar-refractivity contribution in [3.05, 3.63) is 34.8 Å². The Bertz CT molecular complexity index is 636. The predicted octanol–water partition coefficient (Wildman–Crippen LogP) is 0.203. The van der Waals surface area contributed by atoms with Crippen LogP contribution in [0.5, 0.6) is 5.88 Å². The molecule has 0 bridgehead atoms. The van der Waals surface area contributed by atoms with Gasteiger partial charge in [0, 0.05) is 25.5 Å². The highest BCUT2D eigenvalue weighted by atomic mass is 16.6. The van der Waals surface area contributed by atoms with Crippen LogP contribution in [0.1, 0.15) is 6.42 Å². The number of nitrogens with zero attached hydrogens (tertiary/aromatic N) is 5. The van der Waals surface area contributed by atoms with Crippen molar-refractivity contribution in [2.45, 2.75) is 19.5 Å². The summed E-state index contributed by atoms with van der Waals surface area (Å²) in [4.78, 5) is 21.9. The summed E-state index contributed by atoms with van der Waals surface area (Å²) in [6.45, 7) is 1.08. The Hall–Kier alpha value is -2.91. The summed E-state index contributed by atoms with van der Waals surface area (Å²) in [5.74, 6) is -0.392. The van der Waals surface area contributed by atoms with E-state index < -0.39 is 4.92 Å². The first-order chi connectivity index (χ1) is 10.6. The van der Waals surface area contributed by atoms with E-state index in [1.807, 2.05) is 12.3 Å². The molecule has 2 aromatic rings. The van der Waals surface area contributed by atoms with Crippen LogP contribution in [0.3, 0.4) is 0 Å². The van der Waals surface area contributed by atoms with Gasteiger partial charge < -0.3 is 10.1 Å². The zero-order valence-electron chi connectivity index (χ0n) is 12.0. The molecule has 0 aliphatic carbocycles. The molecular formula is C12H16N6O4. The molecular weight excluding hydrogens is 292 g/mol. The molecule has 0 spiro atoms. The van der Waals surface area contributed by atoms with E-state index in [1.54, 1.807) is 10.9 Å². The van der Waals surface area contributed by atoms with Crippen LogP contribution >= 0.6 is 0 Å². The first-order valence-corrected chi connectivity index (χ1v) is 6.60. The molecule has 0 unspecified atom stereocenters. The highest BCUT2D eigenvalue weighted by molar-refractivity contribution is 5.75. The van der Waals surface area contributed by atoms with Gasteiger partial charge in [-0.25, -0.2) is 0 Å². The van der Waals surface area contributed by atoms with Crippen LogP contribution in [-0.4, -0.2) is 44.0 Å². The number of nitrogens with one attached hydrogen (secondary N) is 1. The molecule has 22 heavy (non-hydrogen) atoms. The van der Waals surface area contributed by atoms with Crippen molar-refractivity contribution in [1.29, 1.82) is 0 Å². The Kier molecular flexibility index (Phi) is 5.07. The van der Waals surface area contributed by atoms with Crippen molar-refractivity contribution < 1.29 is 14.5 Å². The van der Waals surface area contributed by atoms with E-state index in [0.717, 1.165) is 6.42 Å². The lowest BCUT2D eigenvalue weighted by atomic mass is 10.4. The maximum Gasteiger partial charge on any atom is 0.350 e. The Balaban J connectivity index is 1.78. The van der Waals surface area contributed by atoms with E-state index >= 15 is 0 Å². The van der Waals surface area contributed by atoms with Crippen molar-refractivity contribution in [3.8, 4) is 5.88 Å². The fourth-order valence-electron chi connectivity index (χ4n) is 1.85. The van der Waals surface area contributed by atoms with Crippen molar-refractivity contribution in [2.24, 2.45) is 0 Å². The molecule has 2 aromatic heterocycles. The quantitative estimate of drug-likeness (QED) is 0.423. The summed E-state index contributed by atoms with van der Waals surface area (Å²) in [6, 6.07) is 1.83. The van der Waals surface area contributed by atoms with Crippen molar-refractivity contribution >= 4 is 11.6 Å². The third-order valence-electron chi connectivity index (χ3n) is 2.85. The average molecular weight is 308 g/mol. The molecule has 2 rings (SSSR count). The second-order valence-electron chi connectivity index (χ2n) is 4.45. The van der Waals surface area contributed by atoms with Crippen LogP contribution in [0.15, 0.2) is 24.7 Å². The zero-order valence-corrected chi connectivity index (χ0v) is 12.0. The predicted molar refractivity (Wildman–Crippen MR) is 75.3 cm³/mol. The van der Waals surface area contributed by atoms with E-state index in [-0.39, 0.29) is 24.0 Å². The van der Waals surface area contributed by atoms with E-state index in [9.17, 15) is 14.9 Å². The molecule has 0 aromatic carbocycles. The fraction of sp³-hybridized carbons (Fsp3) is 0.417. The van der Waals surface area contributed by atoms with Crippen LogP contribution in [-0.2, 0) is 17.9 Å². The minimum Gasteiger partial charge on any atom is -0.475 e. The molecule has 0 fully saturated rings. The van der Waals surface area contributed by atoms with Crippen LogP contribution in [0.4, 0.5) is 5.69 Å². The summed E-state index contributed by atoms with van der Waals surface area (Å²) >= 11 is 0. The van der Waals surface area contributed by atoms with Gasteiger partial charge in [0.05, 0.1) is 12.0 Å². The number of ether oxygens (including phenoxy) is 1. The largest absolute Gasteiger partial charge is 0.475 e. The highest BCUT2D eigenvalue weighted by Crippen LogP contribution is 2.23. The van der Waals surface area contributed by atoms with Crippen molar-refractivity contribution in [3.63, 3.8) is 0 Å². The number of aryl methyl sites for hydroxylation is 1. The highest BCUT2D eigenvalue weighted by Gasteiger charge is 2.20. The minimum atomic E-state index is -0.607. The Morgan fingerprint density at radius 3 is 2.91 bits per heavy atom. The number of hydrogen-bond acceptors (Lipinski definition) is 6. The number of nitro groups is 1. The summed E-state index contributed by atoms with van der Waals surface area (Å²) in [5, 5.41) is 21.4. The van der Waals surface area contributed by atoms with Gasteiger partial charge in [0.1, 0.15) is 12.7 Å². The third kappa shape index (κ3) is 4.04. The molecule has 1 N–H and O–H groups in total. The van der Waals surface area contributed by atoms with E-state index in [0.29, 0.717) is 13.1 Å². The van der Waals surface area contributed by atoms with Crippen LogP contribution < -0.4 is 10.1 Å². The lowest BCUT2D eigenvalue weighted by molar-refractivity contribution is -0.385. The standard InChI is InChI=1S/C12H16N6O4/c1-22-12-10(18(20)21)8-17(15-12)9-11(19)13-4-2-6-16-7-3-5-14-16/h3,5,7-8H,2,4,6,9H2,1H3,(H,13,19). The Labute approximate surface area is 125 Å². The number of methoxy groups -OCH3 is 1. The first kappa shape index (κ1) is 15.5. The van der Waals surface area contributed by atoms with E-state index in [4.69, 9.17) is 4.74 Å². The van der Waals surface area contributed by atoms with Gasteiger partial charge in [-0.1, -0.05) is 0 Å². The molecule has 0 aliphatic rings. The normalized spacial score (nSPS) is 10.4. The first-order valence-electron chi connectivity index (χ1n) is 6.60. The number of carbonyl (C=O) groups is 1. The van der Waals surface area contributed by atoms with Crippen molar-refractivity contribution in [1.82, 2.24) is 24.9 Å². The summed E-state index contributed by atoms with van der Waals surface area (Å²) < 4.78 is 7.75. The van der Waals surface area contributed by atoms with Gasteiger partial charge in [-0.15, -0.1) is 5.10 Å². The van der Waals surface area contributed by atoms with Gasteiger partial charge in [0.25, 0.3) is 0 Å². The van der Waals surface area contributed by atoms with Gasteiger partial charge in [-0.05, 0) is 12.5 Å². The van der Waals surface area contributed by atoms with Crippen LogP contribution in [0.25, 0.3) is 0 Å². The minimum absolute atomic E-state index is 0.105. The number of rotatable bonds is 8. The smallest absolute Gasteiger partial charge is 0.350 e. The number of hydrogen-bond donors (Lipinski definition) is 1. The third-order valence-corrected chi connectivity index (χ3v) is 2.85.